The van der Waals surface area contributed by atoms with E-state index in [9.17, 15) is 14.0 Å². The molecule has 2 aromatic rings. The van der Waals surface area contributed by atoms with Gasteiger partial charge in [-0.1, -0.05) is 0 Å². The van der Waals surface area contributed by atoms with E-state index in [1.54, 1.807) is 30.8 Å². The van der Waals surface area contributed by atoms with Crippen LogP contribution in [0.3, 0.4) is 0 Å². The smallest absolute Gasteiger partial charge is 0.260 e. The molecular formula is C16H15FN2O2S. The van der Waals surface area contributed by atoms with Crippen LogP contribution >= 0.6 is 11.8 Å². The van der Waals surface area contributed by atoms with Gasteiger partial charge in [-0.15, -0.1) is 11.8 Å². The summed E-state index contributed by atoms with van der Waals surface area (Å²) in [6, 6.07) is 7.51. The van der Waals surface area contributed by atoms with E-state index in [1.807, 2.05) is 0 Å². The van der Waals surface area contributed by atoms with Crippen LogP contribution in [0.2, 0.25) is 0 Å². The number of halogens is 1. The molecule has 1 aromatic heterocycles. The van der Waals surface area contributed by atoms with Crippen molar-refractivity contribution in [1.82, 2.24) is 10.3 Å². The molecule has 114 valence electrons. The van der Waals surface area contributed by atoms with Gasteiger partial charge in [-0.25, -0.2) is 4.39 Å². The van der Waals surface area contributed by atoms with Gasteiger partial charge in [-0.3, -0.25) is 9.59 Å². The van der Waals surface area contributed by atoms with Crippen LogP contribution in [0.25, 0.3) is 0 Å². The van der Waals surface area contributed by atoms with Crippen molar-refractivity contribution >= 4 is 17.7 Å². The van der Waals surface area contributed by atoms with Crippen molar-refractivity contribution < 1.29 is 9.18 Å². The number of fused-ring (bicyclic) bond motifs is 1. The van der Waals surface area contributed by atoms with Crippen LogP contribution in [-0.2, 0) is 0 Å². The average molecular weight is 318 g/mol. The molecule has 0 unspecified atom stereocenters. The number of carbonyl (C=O) groups is 1. The fraction of sp³-hybridized carbons (Fsp3) is 0.250. The third-order valence-corrected chi connectivity index (χ3v) is 4.74. The zero-order chi connectivity index (χ0) is 15.7. The van der Waals surface area contributed by atoms with Crippen LogP contribution in [0.15, 0.2) is 40.0 Å². The monoisotopic (exact) mass is 318 g/mol. The maximum Gasteiger partial charge on any atom is 0.260 e. The number of amides is 1. The summed E-state index contributed by atoms with van der Waals surface area (Å²) in [5, 5.41) is 2.84. The summed E-state index contributed by atoms with van der Waals surface area (Å²) in [6.07, 6.45) is 0.705. The number of aromatic nitrogens is 1. The van der Waals surface area contributed by atoms with E-state index in [-0.39, 0.29) is 17.4 Å². The van der Waals surface area contributed by atoms with Gasteiger partial charge in [0, 0.05) is 16.3 Å². The highest BCUT2D eigenvalue weighted by molar-refractivity contribution is 7.99. The van der Waals surface area contributed by atoms with Crippen LogP contribution in [0.5, 0.6) is 0 Å². The SMILES string of the molecule is Cc1ccc(C(=O)N[C@H]2CCSc3ccc(F)cc32)c(=O)[nH]1. The molecule has 0 fully saturated rings. The first-order valence-corrected chi connectivity index (χ1v) is 7.96. The number of pyridine rings is 1. The van der Waals surface area contributed by atoms with Crippen molar-refractivity contribution in [2.45, 2.75) is 24.3 Å². The molecule has 0 bridgehead atoms. The molecule has 2 N–H and O–H groups in total. The van der Waals surface area contributed by atoms with Crippen LogP contribution in [0.1, 0.15) is 34.1 Å². The molecule has 3 rings (SSSR count). The van der Waals surface area contributed by atoms with E-state index in [0.29, 0.717) is 12.1 Å². The van der Waals surface area contributed by atoms with E-state index in [1.165, 1.54) is 18.2 Å². The number of thioether (sulfide) groups is 1. The van der Waals surface area contributed by atoms with E-state index in [0.717, 1.165) is 16.2 Å². The molecule has 6 heteroatoms. The second-order valence-corrected chi connectivity index (χ2v) is 6.37. The number of benzene rings is 1. The van der Waals surface area contributed by atoms with Crippen LogP contribution in [-0.4, -0.2) is 16.6 Å². The molecule has 1 aromatic carbocycles. The lowest BCUT2D eigenvalue weighted by Crippen LogP contribution is -2.34. The molecule has 4 nitrogen and oxygen atoms in total. The second-order valence-electron chi connectivity index (χ2n) is 5.23. The van der Waals surface area contributed by atoms with Crippen LogP contribution < -0.4 is 10.9 Å². The first-order chi connectivity index (χ1) is 10.5. The number of H-pyrrole nitrogens is 1. The lowest BCUT2D eigenvalue weighted by molar-refractivity contribution is 0.0933. The molecule has 1 aliphatic rings. The predicted molar refractivity (Wildman–Crippen MR) is 83.7 cm³/mol. The Labute approximate surface area is 131 Å². The van der Waals surface area contributed by atoms with Crippen molar-refractivity contribution in [3.8, 4) is 0 Å². The Bertz CT molecular complexity index is 788. The van der Waals surface area contributed by atoms with Gasteiger partial charge in [-0.05, 0) is 49.2 Å². The maximum atomic E-state index is 13.5. The summed E-state index contributed by atoms with van der Waals surface area (Å²) in [7, 11) is 0. The Morgan fingerprint density at radius 2 is 2.18 bits per heavy atom. The van der Waals surface area contributed by atoms with Gasteiger partial charge in [0.25, 0.3) is 11.5 Å². The third-order valence-electron chi connectivity index (χ3n) is 3.62. The minimum Gasteiger partial charge on any atom is -0.345 e. The first-order valence-electron chi connectivity index (χ1n) is 6.97. The second kappa shape index (κ2) is 5.96. The van der Waals surface area contributed by atoms with Crippen LogP contribution in [0.4, 0.5) is 4.39 Å². The molecule has 22 heavy (non-hydrogen) atoms. The molecule has 0 saturated carbocycles. The number of aromatic amines is 1. The number of aryl methyl sites for hydroxylation is 1. The summed E-state index contributed by atoms with van der Waals surface area (Å²) < 4.78 is 13.5. The Balaban J connectivity index is 1.87. The Morgan fingerprint density at radius 3 is 2.95 bits per heavy atom. The van der Waals surface area contributed by atoms with Gasteiger partial charge in [-0.2, -0.15) is 0 Å². The largest absolute Gasteiger partial charge is 0.345 e. The predicted octanol–water partition coefficient (Wildman–Crippen LogP) is 2.79. The number of hydrogen-bond donors (Lipinski definition) is 2. The number of rotatable bonds is 2. The van der Waals surface area contributed by atoms with Crippen molar-refractivity contribution in [2.24, 2.45) is 0 Å². The van der Waals surface area contributed by atoms with Crippen molar-refractivity contribution in [2.75, 3.05) is 5.75 Å². The topological polar surface area (TPSA) is 62.0 Å². The van der Waals surface area contributed by atoms with Crippen LogP contribution in [0, 0.1) is 12.7 Å². The highest BCUT2D eigenvalue weighted by atomic mass is 32.2. The molecule has 1 amide bonds. The lowest BCUT2D eigenvalue weighted by Gasteiger charge is -2.25. The van der Waals surface area contributed by atoms with E-state index in [2.05, 4.69) is 10.3 Å². The van der Waals surface area contributed by atoms with Gasteiger partial charge >= 0.3 is 0 Å². The Kier molecular flexibility index (Phi) is 4.02. The summed E-state index contributed by atoms with van der Waals surface area (Å²) in [4.78, 5) is 27.7. The molecule has 0 aliphatic carbocycles. The summed E-state index contributed by atoms with van der Waals surface area (Å²) in [5.74, 6) is 0.0791. The average Bonchev–Trinajstić information content (AvgIpc) is 2.47. The Morgan fingerprint density at radius 1 is 1.36 bits per heavy atom. The van der Waals surface area contributed by atoms with Crippen molar-refractivity contribution in [1.29, 1.82) is 0 Å². The minimum absolute atomic E-state index is 0.0711. The number of carbonyl (C=O) groups excluding carboxylic acids is 1. The quantitative estimate of drug-likeness (QED) is 0.895. The lowest BCUT2D eigenvalue weighted by atomic mass is 10.0. The minimum atomic E-state index is -0.437. The van der Waals surface area contributed by atoms with E-state index >= 15 is 0 Å². The molecule has 2 heterocycles. The zero-order valence-electron chi connectivity index (χ0n) is 12.0. The molecule has 0 radical (unpaired) electrons. The van der Waals surface area contributed by atoms with Gasteiger partial charge in [0.05, 0.1) is 6.04 Å². The highest BCUT2D eigenvalue weighted by Crippen LogP contribution is 2.36. The van der Waals surface area contributed by atoms with Gasteiger partial charge in [0.1, 0.15) is 11.4 Å². The normalized spacial score (nSPS) is 16.9. The number of hydrogen-bond acceptors (Lipinski definition) is 3. The Hall–Kier alpha value is -2.08. The van der Waals surface area contributed by atoms with Gasteiger partial charge < -0.3 is 10.3 Å². The number of nitrogens with one attached hydrogen (secondary N) is 2. The van der Waals surface area contributed by atoms with Crippen molar-refractivity contribution in [3.05, 3.63) is 63.3 Å². The third kappa shape index (κ3) is 2.92. The first kappa shape index (κ1) is 14.8. The fourth-order valence-electron chi connectivity index (χ4n) is 2.50. The van der Waals surface area contributed by atoms with Gasteiger partial charge in [0.2, 0.25) is 0 Å². The molecule has 0 spiro atoms. The molecule has 1 atom stereocenters. The summed E-state index contributed by atoms with van der Waals surface area (Å²) in [6.45, 7) is 1.75. The van der Waals surface area contributed by atoms with Gasteiger partial charge in [0.15, 0.2) is 0 Å². The fourth-order valence-corrected chi connectivity index (χ4v) is 3.61. The zero-order valence-corrected chi connectivity index (χ0v) is 12.8. The van der Waals surface area contributed by atoms with Crippen molar-refractivity contribution in [3.63, 3.8) is 0 Å². The highest BCUT2D eigenvalue weighted by Gasteiger charge is 2.24. The maximum absolute atomic E-state index is 13.5. The van der Waals surface area contributed by atoms with E-state index in [4.69, 9.17) is 0 Å². The molecule has 0 saturated heterocycles. The summed E-state index contributed by atoms with van der Waals surface area (Å²) in [5.41, 5.74) is 1.13. The summed E-state index contributed by atoms with van der Waals surface area (Å²) >= 11 is 1.64. The molecule has 1 aliphatic heterocycles. The standard InChI is InChI=1S/C16H15FN2O2S/c1-9-2-4-11(15(20)18-9)16(21)19-13-6-7-22-14-5-3-10(17)8-12(13)14/h2-5,8,13H,6-7H2,1H3,(H,18,20)(H,19,21)/t13-/m0/s1. The molecular weight excluding hydrogens is 303 g/mol. The van der Waals surface area contributed by atoms with E-state index < -0.39 is 11.5 Å².